The third kappa shape index (κ3) is 4.05. The van der Waals surface area contributed by atoms with Gasteiger partial charge < -0.3 is 5.32 Å². The molecule has 0 saturated carbocycles. The van der Waals surface area contributed by atoms with E-state index in [1.807, 2.05) is 30.3 Å². The van der Waals surface area contributed by atoms with E-state index in [9.17, 15) is 10.1 Å². The zero-order chi connectivity index (χ0) is 18.7. The number of amides is 1. The van der Waals surface area contributed by atoms with Crippen molar-refractivity contribution in [2.24, 2.45) is 11.3 Å². The molecule has 0 aliphatic heterocycles. The van der Waals surface area contributed by atoms with Crippen molar-refractivity contribution < 1.29 is 4.79 Å². The lowest BCUT2D eigenvalue weighted by Gasteiger charge is -2.33. The van der Waals surface area contributed by atoms with Gasteiger partial charge >= 0.3 is 0 Å². The molecule has 1 heterocycles. The molecule has 1 unspecified atom stereocenters. The van der Waals surface area contributed by atoms with Gasteiger partial charge in [0.1, 0.15) is 11.1 Å². The van der Waals surface area contributed by atoms with Gasteiger partial charge in [-0.2, -0.15) is 5.26 Å². The van der Waals surface area contributed by atoms with Gasteiger partial charge in [-0.05, 0) is 47.8 Å². The second-order valence-electron chi connectivity index (χ2n) is 7.86. The minimum atomic E-state index is -0.198. The molecular weight excluding hydrogens is 340 g/mol. The quantitative estimate of drug-likeness (QED) is 0.739. The van der Waals surface area contributed by atoms with E-state index in [2.05, 4.69) is 32.2 Å². The highest BCUT2D eigenvalue weighted by Crippen LogP contribution is 2.43. The van der Waals surface area contributed by atoms with Crippen molar-refractivity contribution in [1.29, 1.82) is 5.26 Å². The molecule has 1 N–H and O–H groups in total. The van der Waals surface area contributed by atoms with Crippen molar-refractivity contribution in [2.45, 2.75) is 40.0 Å². The number of rotatable bonds is 3. The molecule has 0 fully saturated rings. The standard InChI is InChI=1S/C22H24N2OS/c1-22(2,3)16-10-11-17-18(14-23)21(26-19(17)13-16)24-20(25)12-9-15-7-5-4-6-8-15/h4-9,12,16H,10-11,13H2,1-3H3,(H,24,25)/b12-9-. The largest absolute Gasteiger partial charge is 0.313 e. The maximum atomic E-state index is 12.3. The number of carbonyl (C=O) groups excluding carboxylic acids is 1. The highest BCUT2D eigenvalue weighted by Gasteiger charge is 2.32. The maximum absolute atomic E-state index is 12.3. The van der Waals surface area contributed by atoms with Crippen LogP contribution in [0.3, 0.4) is 0 Å². The van der Waals surface area contributed by atoms with E-state index >= 15 is 0 Å². The first kappa shape index (κ1) is 18.4. The van der Waals surface area contributed by atoms with E-state index in [0.717, 1.165) is 30.4 Å². The lowest BCUT2D eigenvalue weighted by atomic mass is 9.72. The Balaban J connectivity index is 1.77. The Morgan fingerprint density at radius 2 is 2.04 bits per heavy atom. The van der Waals surface area contributed by atoms with E-state index in [-0.39, 0.29) is 11.3 Å². The Kier molecular flexibility index (Phi) is 5.29. The maximum Gasteiger partial charge on any atom is 0.249 e. The molecule has 4 heteroatoms. The number of nitrogens with zero attached hydrogens (tertiary/aromatic N) is 1. The van der Waals surface area contributed by atoms with Gasteiger partial charge in [0.15, 0.2) is 0 Å². The average molecular weight is 365 g/mol. The summed E-state index contributed by atoms with van der Waals surface area (Å²) >= 11 is 1.57. The summed E-state index contributed by atoms with van der Waals surface area (Å²) in [5.74, 6) is 0.415. The van der Waals surface area contributed by atoms with Crippen LogP contribution in [0.25, 0.3) is 6.08 Å². The molecule has 1 aromatic carbocycles. The molecule has 134 valence electrons. The number of anilines is 1. The Labute approximate surface area is 159 Å². The molecule has 0 saturated heterocycles. The van der Waals surface area contributed by atoms with E-state index in [0.29, 0.717) is 16.5 Å². The Morgan fingerprint density at radius 1 is 1.31 bits per heavy atom. The van der Waals surface area contributed by atoms with Crippen LogP contribution in [0.15, 0.2) is 36.4 Å². The number of carbonyl (C=O) groups is 1. The number of benzene rings is 1. The Bertz CT molecular complexity index is 866. The van der Waals surface area contributed by atoms with Crippen molar-refractivity contribution in [3.63, 3.8) is 0 Å². The summed E-state index contributed by atoms with van der Waals surface area (Å²) in [7, 11) is 0. The van der Waals surface area contributed by atoms with Crippen LogP contribution < -0.4 is 5.32 Å². The SMILES string of the molecule is CC(C)(C)C1CCc2c(sc(NC(=O)/C=C\c3ccccc3)c2C#N)C1. The molecule has 2 aromatic rings. The number of nitriles is 1. The zero-order valence-corrected chi connectivity index (χ0v) is 16.3. The van der Waals surface area contributed by atoms with Gasteiger partial charge in [0.2, 0.25) is 5.91 Å². The van der Waals surface area contributed by atoms with Gasteiger partial charge in [0.25, 0.3) is 0 Å². The number of hydrogen-bond acceptors (Lipinski definition) is 3. The number of hydrogen-bond donors (Lipinski definition) is 1. The van der Waals surface area contributed by atoms with Crippen molar-refractivity contribution in [1.82, 2.24) is 0 Å². The van der Waals surface area contributed by atoms with E-state index < -0.39 is 0 Å². The van der Waals surface area contributed by atoms with Gasteiger partial charge in [-0.3, -0.25) is 4.79 Å². The van der Waals surface area contributed by atoms with Crippen molar-refractivity contribution in [3.05, 3.63) is 58.0 Å². The molecule has 26 heavy (non-hydrogen) atoms. The fourth-order valence-electron chi connectivity index (χ4n) is 3.42. The van der Waals surface area contributed by atoms with Crippen LogP contribution in [0.5, 0.6) is 0 Å². The van der Waals surface area contributed by atoms with Gasteiger partial charge in [0.05, 0.1) is 5.56 Å². The lowest BCUT2D eigenvalue weighted by molar-refractivity contribution is -0.111. The summed E-state index contributed by atoms with van der Waals surface area (Å²) in [5.41, 5.74) is 3.02. The first-order chi connectivity index (χ1) is 12.4. The first-order valence-corrected chi connectivity index (χ1v) is 9.79. The van der Waals surface area contributed by atoms with Crippen LogP contribution in [-0.4, -0.2) is 5.91 Å². The molecule has 3 nitrogen and oxygen atoms in total. The van der Waals surface area contributed by atoms with Crippen LogP contribution in [0.4, 0.5) is 5.00 Å². The van der Waals surface area contributed by atoms with Crippen LogP contribution >= 0.6 is 11.3 Å². The minimum absolute atomic E-state index is 0.198. The lowest BCUT2D eigenvalue weighted by Crippen LogP contribution is -2.26. The second kappa shape index (κ2) is 7.47. The van der Waals surface area contributed by atoms with E-state index in [1.54, 1.807) is 17.4 Å². The summed E-state index contributed by atoms with van der Waals surface area (Å²) in [6, 6.07) is 12.0. The number of thiophene rings is 1. The third-order valence-electron chi connectivity index (χ3n) is 5.07. The average Bonchev–Trinajstić information content (AvgIpc) is 2.96. The van der Waals surface area contributed by atoms with Crippen molar-refractivity contribution in [2.75, 3.05) is 5.32 Å². The molecule has 1 amide bonds. The summed E-state index contributed by atoms with van der Waals surface area (Å²) in [4.78, 5) is 13.5. The predicted molar refractivity (Wildman–Crippen MR) is 108 cm³/mol. The van der Waals surface area contributed by atoms with Gasteiger partial charge in [0, 0.05) is 11.0 Å². The fraction of sp³-hybridized carbons (Fsp3) is 0.364. The number of fused-ring (bicyclic) bond motifs is 1. The van der Waals surface area contributed by atoms with E-state index in [4.69, 9.17) is 0 Å². The molecule has 0 radical (unpaired) electrons. The fourth-order valence-corrected chi connectivity index (χ4v) is 4.70. The molecule has 1 aliphatic carbocycles. The van der Waals surface area contributed by atoms with Crippen LogP contribution in [0, 0.1) is 22.7 Å². The molecular formula is C22H24N2OS. The summed E-state index contributed by atoms with van der Waals surface area (Å²) in [6.07, 6.45) is 6.32. The van der Waals surface area contributed by atoms with Crippen LogP contribution in [0.1, 0.15) is 48.8 Å². The zero-order valence-electron chi connectivity index (χ0n) is 15.5. The van der Waals surface area contributed by atoms with Crippen molar-refractivity contribution in [3.8, 4) is 6.07 Å². The smallest absolute Gasteiger partial charge is 0.249 e. The predicted octanol–water partition coefficient (Wildman–Crippen LogP) is 5.42. The molecule has 0 spiro atoms. The Hall–Kier alpha value is -2.38. The molecule has 1 aliphatic rings. The number of nitrogens with one attached hydrogen (secondary N) is 1. The van der Waals surface area contributed by atoms with Crippen LogP contribution in [-0.2, 0) is 17.6 Å². The summed E-state index contributed by atoms with van der Waals surface area (Å²) in [5, 5.41) is 13.2. The second-order valence-corrected chi connectivity index (χ2v) is 8.96. The molecule has 1 atom stereocenters. The monoisotopic (exact) mass is 364 g/mol. The normalized spacial score (nSPS) is 16.9. The topological polar surface area (TPSA) is 52.9 Å². The molecule has 1 aromatic heterocycles. The van der Waals surface area contributed by atoms with Crippen molar-refractivity contribution >= 4 is 28.3 Å². The highest BCUT2D eigenvalue weighted by atomic mass is 32.1. The summed E-state index contributed by atoms with van der Waals surface area (Å²) < 4.78 is 0. The van der Waals surface area contributed by atoms with Gasteiger partial charge in [-0.1, -0.05) is 51.1 Å². The Morgan fingerprint density at radius 3 is 2.69 bits per heavy atom. The summed E-state index contributed by atoms with van der Waals surface area (Å²) in [6.45, 7) is 6.83. The molecule has 3 rings (SSSR count). The van der Waals surface area contributed by atoms with Gasteiger partial charge in [-0.25, -0.2) is 0 Å². The van der Waals surface area contributed by atoms with Crippen LogP contribution in [0.2, 0.25) is 0 Å². The minimum Gasteiger partial charge on any atom is -0.313 e. The third-order valence-corrected chi connectivity index (χ3v) is 6.24. The molecule has 0 bridgehead atoms. The van der Waals surface area contributed by atoms with E-state index in [1.165, 1.54) is 11.0 Å². The highest BCUT2D eigenvalue weighted by molar-refractivity contribution is 7.16. The van der Waals surface area contributed by atoms with Gasteiger partial charge in [-0.15, -0.1) is 11.3 Å². The first-order valence-electron chi connectivity index (χ1n) is 8.97.